The molecule has 2 nitrogen and oxygen atoms in total. The fourth-order valence-electron chi connectivity index (χ4n) is 2.05. The molecule has 1 heterocycles. The Hall–Kier alpha value is -1.15. The summed E-state index contributed by atoms with van der Waals surface area (Å²) in [5.74, 6) is 0. The van der Waals surface area contributed by atoms with Crippen molar-refractivity contribution in [1.82, 2.24) is 0 Å². The predicted octanol–water partition coefficient (Wildman–Crippen LogP) is 3.84. The highest BCUT2D eigenvalue weighted by molar-refractivity contribution is 6.25. The average molecular weight is 251 g/mol. The molecular formula is C14H19ClN2. The van der Waals surface area contributed by atoms with Crippen LogP contribution in [0.3, 0.4) is 0 Å². The van der Waals surface area contributed by atoms with Gasteiger partial charge < -0.3 is 10.2 Å². The Morgan fingerprint density at radius 3 is 2.53 bits per heavy atom. The Morgan fingerprint density at radius 2 is 1.94 bits per heavy atom. The van der Waals surface area contributed by atoms with Gasteiger partial charge in [-0.25, -0.2) is 0 Å². The molecule has 1 aromatic carbocycles. The van der Waals surface area contributed by atoms with Gasteiger partial charge in [0, 0.05) is 36.5 Å². The van der Waals surface area contributed by atoms with Crippen LogP contribution < -0.4 is 10.2 Å². The normalized spacial score (nSPS) is 16.4. The highest BCUT2D eigenvalue weighted by atomic mass is 35.5. The molecule has 1 aliphatic heterocycles. The van der Waals surface area contributed by atoms with Crippen molar-refractivity contribution in [3.05, 3.63) is 35.4 Å². The summed E-state index contributed by atoms with van der Waals surface area (Å²) in [5, 5.41) is 3.34. The van der Waals surface area contributed by atoms with Crippen molar-refractivity contribution in [3.63, 3.8) is 0 Å². The van der Waals surface area contributed by atoms with Crippen molar-refractivity contribution in [2.24, 2.45) is 0 Å². The number of anilines is 2. The maximum atomic E-state index is 5.62. The van der Waals surface area contributed by atoms with Gasteiger partial charge in [0.1, 0.15) is 0 Å². The van der Waals surface area contributed by atoms with Crippen LogP contribution in [0.4, 0.5) is 11.4 Å². The summed E-state index contributed by atoms with van der Waals surface area (Å²) in [6.07, 6.45) is 2.64. The second kappa shape index (κ2) is 5.97. The standard InChI is InChI=1S/C14H19ClN2/c1-12(10-15)11-16-13-4-6-14(7-5-13)17-8-2-3-9-17/h4-7,10,16H,2-3,8-9,11H2,1H3/b12-10-. The molecule has 0 bridgehead atoms. The minimum absolute atomic E-state index is 0.798. The summed E-state index contributed by atoms with van der Waals surface area (Å²) >= 11 is 5.62. The molecule has 1 N–H and O–H groups in total. The summed E-state index contributed by atoms with van der Waals surface area (Å²) in [5.41, 5.74) is 5.23. The second-order valence-corrected chi connectivity index (χ2v) is 4.77. The van der Waals surface area contributed by atoms with E-state index in [9.17, 15) is 0 Å². The van der Waals surface area contributed by atoms with Crippen LogP contribution in [-0.2, 0) is 0 Å². The monoisotopic (exact) mass is 250 g/mol. The van der Waals surface area contributed by atoms with Gasteiger partial charge in [-0.3, -0.25) is 0 Å². The Kier molecular flexibility index (Phi) is 4.32. The number of halogens is 1. The van der Waals surface area contributed by atoms with Crippen molar-refractivity contribution in [2.75, 3.05) is 29.9 Å². The largest absolute Gasteiger partial charge is 0.381 e. The van der Waals surface area contributed by atoms with Crippen LogP contribution in [0.2, 0.25) is 0 Å². The van der Waals surface area contributed by atoms with Crippen LogP contribution in [0.25, 0.3) is 0 Å². The van der Waals surface area contributed by atoms with Crippen LogP contribution in [0.15, 0.2) is 35.4 Å². The number of rotatable bonds is 4. The lowest BCUT2D eigenvalue weighted by atomic mass is 10.2. The Balaban J connectivity index is 1.93. The van der Waals surface area contributed by atoms with Gasteiger partial charge in [0.2, 0.25) is 0 Å². The fourth-order valence-corrected chi connectivity index (χ4v) is 2.12. The van der Waals surface area contributed by atoms with Gasteiger partial charge in [-0.05, 0) is 49.6 Å². The van der Waals surface area contributed by atoms with Crippen molar-refractivity contribution in [1.29, 1.82) is 0 Å². The third-order valence-corrected chi connectivity index (χ3v) is 3.47. The maximum absolute atomic E-state index is 5.62. The number of nitrogens with zero attached hydrogens (tertiary/aromatic N) is 1. The number of benzene rings is 1. The molecule has 0 spiro atoms. The lowest BCUT2D eigenvalue weighted by Gasteiger charge is -2.18. The second-order valence-electron chi connectivity index (χ2n) is 4.55. The van der Waals surface area contributed by atoms with Crippen LogP contribution in [0.1, 0.15) is 19.8 Å². The summed E-state index contributed by atoms with van der Waals surface area (Å²) in [6.45, 7) is 5.20. The van der Waals surface area contributed by atoms with Crippen LogP contribution in [0, 0.1) is 0 Å². The quantitative estimate of drug-likeness (QED) is 0.874. The van der Waals surface area contributed by atoms with E-state index in [4.69, 9.17) is 11.6 Å². The molecule has 1 aromatic rings. The van der Waals surface area contributed by atoms with Gasteiger partial charge in [-0.1, -0.05) is 11.6 Å². The number of hydrogen-bond donors (Lipinski definition) is 1. The Bertz CT molecular complexity index is 378. The molecule has 0 aliphatic carbocycles. The first-order valence-corrected chi connectivity index (χ1v) is 6.58. The molecule has 0 radical (unpaired) electrons. The first kappa shape index (κ1) is 12.3. The fraction of sp³-hybridized carbons (Fsp3) is 0.429. The van der Waals surface area contributed by atoms with Crippen LogP contribution in [0.5, 0.6) is 0 Å². The summed E-state index contributed by atoms with van der Waals surface area (Å²) in [7, 11) is 0. The number of nitrogens with one attached hydrogen (secondary N) is 1. The highest BCUT2D eigenvalue weighted by Crippen LogP contribution is 2.22. The van der Waals surface area contributed by atoms with E-state index in [-0.39, 0.29) is 0 Å². The third kappa shape index (κ3) is 3.40. The summed E-state index contributed by atoms with van der Waals surface area (Å²) in [4.78, 5) is 2.44. The molecule has 0 atom stereocenters. The van der Waals surface area contributed by atoms with Gasteiger partial charge in [0.05, 0.1) is 0 Å². The van der Waals surface area contributed by atoms with Gasteiger partial charge in [-0.2, -0.15) is 0 Å². The Labute approximate surface area is 108 Å². The van der Waals surface area contributed by atoms with E-state index in [1.807, 2.05) is 6.92 Å². The Morgan fingerprint density at radius 1 is 1.29 bits per heavy atom. The molecule has 3 heteroatoms. The third-order valence-electron chi connectivity index (χ3n) is 3.10. The van der Waals surface area contributed by atoms with Crippen molar-refractivity contribution >= 4 is 23.0 Å². The SMILES string of the molecule is C/C(=C/Cl)CNc1ccc(N2CCCC2)cc1. The van der Waals surface area contributed by atoms with E-state index < -0.39 is 0 Å². The predicted molar refractivity (Wildman–Crippen MR) is 76.0 cm³/mol. The van der Waals surface area contributed by atoms with E-state index in [1.54, 1.807) is 5.54 Å². The van der Waals surface area contributed by atoms with Crippen LogP contribution >= 0.6 is 11.6 Å². The molecule has 2 rings (SSSR count). The van der Waals surface area contributed by atoms with Crippen molar-refractivity contribution in [2.45, 2.75) is 19.8 Å². The van der Waals surface area contributed by atoms with Gasteiger partial charge in [0.15, 0.2) is 0 Å². The molecule has 0 saturated carbocycles. The molecule has 0 amide bonds. The first-order chi connectivity index (χ1) is 8.29. The lowest BCUT2D eigenvalue weighted by molar-refractivity contribution is 0.949. The first-order valence-electron chi connectivity index (χ1n) is 6.14. The molecule has 0 aromatic heterocycles. The maximum Gasteiger partial charge on any atom is 0.0369 e. The van der Waals surface area contributed by atoms with Gasteiger partial charge in [0.25, 0.3) is 0 Å². The van der Waals surface area contributed by atoms with Crippen molar-refractivity contribution < 1.29 is 0 Å². The van der Waals surface area contributed by atoms with E-state index >= 15 is 0 Å². The zero-order chi connectivity index (χ0) is 12.1. The van der Waals surface area contributed by atoms with Gasteiger partial charge in [-0.15, -0.1) is 0 Å². The minimum atomic E-state index is 0.798. The lowest BCUT2D eigenvalue weighted by Crippen LogP contribution is -2.17. The van der Waals surface area contributed by atoms with Crippen LogP contribution in [-0.4, -0.2) is 19.6 Å². The molecule has 0 unspecified atom stereocenters. The average Bonchev–Trinajstić information content (AvgIpc) is 2.90. The zero-order valence-electron chi connectivity index (χ0n) is 10.2. The topological polar surface area (TPSA) is 15.3 Å². The van der Waals surface area contributed by atoms with Gasteiger partial charge >= 0.3 is 0 Å². The molecular weight excluding hydrogens is 232 g/mol. The highest BCUT2D eigenvalue weighted by Gasteiger charge is 2.11. The van der Waals surface area contributed by atoms with E-state index in [0.29, 0.717) is 0 Å². The van der Waals surface area contributed by atoms with E-state index in [2.05, 4.69) is 34.5 Å². The zero-order valence-corrected chi connectivity index (χ0v) is 11.0. The van der Waals surface area contributed by atoms with E-state index in [0.717, 1.165) is 17.8 Å². The molecule has 1 saturated heterocycles. The molecule has 92 valence electrons. The number of hydrogen-bond acceptors (Lipinski definition) is 2. The summed E-state index contributed by atoms with van der Waals surface area (Å²) in [6, 6.07) is 8.64. The summed E-state index contributed by atoms with van der Waals surface area (Å²) < 4.78 is 0. The molecule has 17 heavy (non-hydrogen) atoms. The molecule has 1 fully saturated rings. The smallest absolute Gasteiger partial charge is 0.0369 e. The van der Waals surface area contributed by atoms with Crippen molar-refractivity contribution in [3.8, 4) is 0 Å². The minimum Gasteiger partial charge on any atom is -0.381 e. The van der Waals surface area contributed by atoms with E-state index in [1.165, 1.54) is 31.6 Å². The molecule has 1 aliphatic rings.